The van der Waals surface area contributed by atoms with Gasteiger partial charge in [0.2, 0.25) is 5.91 Å². The van der Waals surface area contributed by atoms with E-state index in [4.69, 9.17) is 22.3 Å². The van der Waals surface area contributed by atoms with Crippen molar-refractivity contribution >= 4 is 23.2 Å². The summed E-state index contributed by atoms with van der Waals surface area (Å²) in [5.74, 6) is -0.800. The molecular weight excluding hydrogens is 553 g/mol. The van der Waals surface area contributed by atoms with Gasteiger partial charge in [0.1, 0.15) is 11.6 Å². The lowest BCUT2D eigenvalue weighted by Gasteiger charge is -2.52. The Kier molecular flexibility index (Phi) is 11.8. The number of nitrogens with zero attached hydrogens (tertiary/aromatic N) is 2. The van der Waals surface area contributed by atoms with Crippen LogP contribution in [-0.4, -0.2) is 97.7 Å². The van der Waals surface area contributed by atoms with Crippen molar-refractivity contribution in [3.05, 3.63) is 0 Å². The molecule has 4 heterocycles. The van der Waals surface area contributed by atoms with E-state index in [0.29, 0.717) is 32.4 Å². The molecule has 8 unspecified atom stereocenters. The molecule has 0 aliphatic carbocycles. The van der Waals surface area contributed by atoms with Gasteiger partial charge >= 0.3 is 0 Å². The molecule has 4 aliphatic rings. The first-order chi connectivity index (χ1) is 20.1. The molecule has 10 heteroatoms. The molecule has 8 nitrogen and oxygen atoms in total. The van der Waals surface area contributed by atoms with Crippen LogP contribution in [0, 0.1) is 16.7 Å². The van der Waals surface area contributed by atoms with Gasteiger partial charge in [0.15, 0.2) is 0 Å². The van der Waals surface area contributed by atoms with Gasteiger partial charge in [0.25, 0.3) is 0 Å². The van der Waals surface area contributed by atoms with Crippen LogP contribution in [0.4, 0.5) is 4.39 Å². The number of piperazine rings is 1. The van der Waals surface area contributed by atoms with Crippen LogP contribution in [0.3, 0.4) is 0 Å². The van der Waals surface area contributed by atoms with Crippen molar-refractivity contribution in [3.8, 4) is 0 Å². The number of alkyl halides is 2. The molecule has 0 spiro atoms. The van der Waals surface area contributed by atoms with Crippen LogP contribution in [0.2, 0.25) is 0 Å². The topological polar surface area (TPSA) is 107 Å². The van der Waals surface area contributed by atoms with Crippen LogP contribution < -0.4 is 27.0 Å². The third-order valence-corrected chi connectivity index (χ3v) is 11.9. The lowest BCUT2D eigenvalue weighted by molar-refractivity contribution is -0.125. The summed E-state index contributed by atoms with van der Waals surface area (Å²) in [5, 5.41) is 13.9. The van der Waals surface area contributed by atoms with Crippen LogP contribution >= 0.6 is 11.6 Å². The van der Waals surface area contributed by atoms with Gasteiger partial charge in [0.05, 0.1) is 24.1 Å². The van der Waals surface area contributed by atoms with Gasteiger partial charge in [0, 0.05) is 62.5 Å². The predicted octanol–water partition coefficient (Wildman–Crippen LogP) is 3.57. The van der Waals surface area contributed by atoms with Gasteiger partial charge in [-0.15, -0.1) is 11.6 Å². The number of hydrogen-bond donors (Lipinski definition) is 5. The Morgan fingerprint density at radius 2 is 1.83 bits per heavy atom. The number of carbonyl (C=O) groups excluding carboxylic acids is 1. The number of halogens is 2. The van der Waals surface area contributed by atoms with Crippen molar-refractivity contribution in [3.63, 3.8) is 0 Å². The molecule has 4 rings (SSSR count). The lowest BCUT2D eigenvalue weighted by Crippen LogP contribution is -2.68. The number of carbonyl (C=O) groups is 1. The summed E-state index contributed by atoms with van der Waals surface area (Å²) in [7, 11) is 0. The minimum atomic E-state index is -1.37. The van der Waals surface area contributed by atoms with Gasteiger partial charge in [-0.1, -0.05) is 53.9 Å². The molecule has 0 saturated carbocycles. The number of unbranched alkanes of at least 4 members (excludes halogenated alkanes) is 1. The van der Waals surface area contributed by atoms with Crippen LogP contribution in [-0.2, 0) is 4.79 Å². The highest BCUT2D eigenvalue weighted by Gasteiger charge is 2.59. The van der Waals surface area contributed by atoms with Crippen molar-refractivity contribution in [1.29, 1.82) is 0 Å². The quantitative estimate of drug-likeness (QED) is 0.242. The molecule has 6 N–H and O–H groups in total. The summed E-state index contributed by atoms with van der Waals surface area (Å²) in [6.45, 7) is 16.2. The van der Waals surface area contributed by atoms with Crippen molar-refractivity contribution in [1.82, 2.24) is 26.2 Å². The second kappa shape index (κ2) is 14.5. The highest BCUT2D eigenvalue weighted by atomic mass is 35.5. The molecule has 3 fully saturated rings. The fraction of sp³-hybridized carbons (Fsp3) is 0.938. The Morgan fingerprint density at radius 1 is 1.12 bits per heavy atom. The summed E-state index contributed by atoms with van der Waals surface area (Å²) in [6, 6.07) is -0.133. The minimum absolute atomic E-state index is 0.00549. The predicted molar refractivity (Wildman–Crippen MR) is 172 cm³/mol. The van der Waals surface area contributed by atoms with Crippen LogP contribution in [0.25, 0.3) is 0 Å². The highest BCUT2D eigenvalue weighted by molar-refractivity contribution is 6.21. The standard InChI is InChI=1S/C32H59ClFN7O/c1-6-10-13-31(34)14-11-24-32(8-3,9-4)30(5,12-7-2)27(38-21-31)25(28(35)40-24)29(42)39-23-20-37-19-22(33)26(23)41-17-15-36-16-18-41/h22-26,28,36-37,40H,6-21,35H2,1-5H3,(H,39,42). The lowest BCUT2D eigenvalue weighted by atomic mass is 9.53. The van der Waals surface area contributed by atoms with E-state index in [1.807, 2.05) is 0 Å². The Hall–Kier alpha value is -0.840. The van der Waals surface area contributed by atoms with Crippen molar-refractivity contribution in [2.24, 2.45) is 27.5 Å². The van der Waals surface area contributed by atoms with Gasteiger partial charge in [-0.3, -0.25) is 20.0 Å². The van der Waals surface area contributed by atoms with E-state index in [1.54, 1.807) is 0 Å². The van der Waals surface area contributed by atoms with E-state index in [0.717, 1.165) is 70.4 Å². The molecule has 0 aromatic carbocycles. The average molecular weight is 612 g/mol. The number of rotatable bonds is 10. The summed E-state index contributed by atoms with van der Waals surface area (Å²) < 4.78 is 16.6. The maximum absolute atomic E-state index is 16.6. The molecular formula is C32H59ClFN7O. The Bertz CT molecular complexity index is 929. The minimum Gasteiger partial charge on any atom is -0.350 e. The fourth-order valence-corrected chi connectivity index (χ4v) is 9.55. The zero-order valence-electron chi connectivity index (χ0n) is 26.9. The normalized spacial score (nSPS) is 39.5. The third-order valence-electron chi connectivity index (χ3n) is 11.5. The first-order valence-electron chi connectivity index (χ1n) is 16.9. The number of fused-ring (bicyclic) bond motifs is 3. The first-order valence-corrected chi connectivity index (χ1v) is 17.4. The number of nitrogens with one attached hydrogen (secondary N) is 4. The van der Waals surface area contributed by atoms with Crippen molar-refractivity contribution in [2.75, 3.05) is 45.8 Å². The van der Waals surface area contributed by atoms with Crippen molar-refractivity contribution in [2.45, 2.75) is 128 Å². The summed E-state index contributed by atoms with van der Waals surface area (Å²) in [6.07, 6.45) is 6.51. The van der Waals surface area contributed by atoms with Crippen LogP contribution in [0.15, 0.2) is 4.99 Å². The van der Waals surface area contributed by atoms with Crippen LogP contribution in [0.5, 0.6) is 0 Å². The summed E-state index contributed by atoms with van der Waals surface area (Å²) >= 11 is 6.91. The number of amides is 1. The molecule has 0 aromatic heterocycles. The van der Waals surface area contributed by atoms with E-state index in [2.05, 4.69) is 60.8 Å². The zero-order valence-corrected chi connectivity index (χ0v) is 27.7. The third kappa shape index (κ3) is 6.57. The SMILES string of the molecule is CCCCC1(F)CCC2NC(N)C(C(=O)NC3CNCC(Cl)C3N3CCNCC3)C(=NC1)C(C)(CCC)C2(CC)CC. The molecule has 0 aromatic rings. The van der Waals surface area contributed by atoms with Gasteiger partial charge in [-0.25, -0.2) is 4.39 Å². The monoisotopic (exact) mass is 611 g/mol. The van der Waals surface area contributed by atoms with Gasteiger partial charge in [-0.05, 0) is 43.9 Å². The molecule has 8 atom stereocenters. The van der Waals surface area contributed by atoms with Gasteiger partial charge in [-0.2, -0.15) is 0 Å². The Balaban J connectivity index is 1.76. The Labute approximate surface area is 259 Å². The maximum atomic E-state index is 16.6. The smallest absolute Gasteiger partial charge is 0.232 e. The molecule has 2 bridgehead atoms. The maximum Gasteiger partial charge on any atom is 0.232 e. The number of piperidine rings is 1. The number of aliphatic imine (C=N–C) groups is 1. The zero-order chi connectivity index (χ0) is 30.5. The van der Waals surface area contributed by atoms with E-state index in [9.17, 15) is 4.79 Å². The second-order valence-corrected chi connectivity index (χ2v) is 14.3. The van der Waals surface area contributed by atoms with Crippen LogP contribution in [0.1, 0.15) is 92.4 Å². The second-order valence-electron chi connectivity index (χ2n) is 13.7. The summed E-state index contributed by atoms with van der Waals surface area (Å²) in [4.78, 5) is 22.2. The molecule has 4 aliphatic heterocycles. The summed E-state index contributed by atoms with van der Waals surface area (Å²) in [5.41, 5.74) is 5.83. The Morgan fingerprint density at radius 3 is 2.48 bits per heavy atom. The van der Waals surface area contributed by atoms with E-state index >= 15 is 4.39 Å². The van der Waals surface area contributed by atoms with E-state index in [1.165, 1.54) is 0 Å². The molecule has 1 amide bonds. The highest BCUT2D eigenvalue weighted by Crippen LogP contribution is 2.56. The molecule has 42 heavy (non-hydrogen) atoms. The number of hydrogen-bond acceptors (Lipinski definition) is 7. The van der Waals surface area contributed by atoms with E-state index < -0.39 is 23.2 Å². The number of nitrogens with two attached hydrogens (primary N) is 1. The largest absolute Gasteiger partial charge is 0.350 e. The van der Waals surface area contributed by atoms with E-state index in [-0.39, 0.29) is 41.4 Å². The average Bonchev–Trinajstić information content (AvgIpc) is 3.02. The molecule has 0 radical (unpaired) electrons. The van der Waals surface area contributed by atoms with Gasteiger partial charge < -0.3 is 21.7 Å². The van der Waals surface area contributed by atoms with Crippen molar-refractivity contribution < 1.29 is 9.18 Å². The molecule has 242 valence electrons. The fourth-order valence-electron chi connectivity index (χ4n) is 9.11. The molecule has 3 saturated heterocycles. The first kappa shape index (κ1) is 34.0.